The highest BCUT2D eigenvalue weighted by atomic mass is 32.1. The number of thiophene rings is 1. The Hall–Kier alpha value is -3.21. The Morgan fingerprint density at radius 3 is 2.19 bits per heavy atom. The maximum atomic E-state index is 13.5. The average Bonchev–Trinajstić information content (AvgIpc) is 3.24. The van der Waals surface area contributed by atoms with Gasteiger partial charge in [-0.1, -0.05) is 17.7 Å². The Morgan fingerprint density at radius 2 is 1.61 bits per heavy atom. The van der Waals surface area contributed by atoms with Gasteiger partial charge in [-0.05, 0) is 67.8 Å². The van der Waals surface area contributed by atoms with E-state index in [1.54, 1.807) is 19.9 Å². The molecule has 0 bridgehead atoms. The van der Waals surface area contributed by atoms with E-state index >= 15 is 0 Å². The highest BCUT2D eigenvalue weighted by Gasteiger charge is 2.42. The number of amides is 1. The van der Waals surface area contributed by atoms with E-state index in [4.69, 9.17) is 4.74 Å². The van der Waals surface area contributed by atoms with Crippen molar-refractivity contribution < 1.29 is 41.0 Å². The van der Waals surface area contributed by atoms with Crippen LogP contribution < -0.4 is 0 Å². The molecule has 2 atom stereocenters. The minimum atomic E-state index is -4.64. The maximum Gasteiger partial charge on any atom is 0.416 e. The van der Waals surface area contributed by atoms with Crippen molar-refractivity contribution in [1.82, 2.24) is 4.90 Å². The van der Waals surface area contributed by atoms with Crippen molar-refractivity contribution >= 4 is 17.4 Å². The van der Waals surface area contributed by atoms with Crippen LogP contribution in [0.25, 0.3) is 11.1 Å². The highest BCUT2D eigenvalue weighted by Crippen LogP contribution is 2.43. The monoisotopic (exact) mass is 529 g/mol. The first-order chi connectivity index (χ1) is 16.6. The molecule has 0 aliphatic carbocycles. The quantitative estimate of drug-likeness (QED) is 0.350. The maximum absolute atomic E-state index is 13.5. The van der Waals surface area contributed by atoms with E-state index in [9.17, 15) is 36.2 Å². The van der Waals surface area contributed by atoms with E-state index in [1.165, 1.54) is 24.0 Å². The molecule has 36 heavy (non-hydrogen) atoms. The Bertz CT molecular complexity index is 1310. The van der Waals surface area contributed by atoms with Gasteiger partial charge in [-0.3, -0.25) is 4.90 Å². The van der Waals surface area contributed by atoms with Crippen molar-refractivity contribution in [2.45, 2.75) is 51.8 Å². The number of ether oxygens (including phenoxy) is 1. The fraction of sp³-hybridized carbons (Fsp3) is 0.320. The number of hydrogen-bond donors (Lipinski definition) is 1. The molecule has 2 heterocycles. The summed E-state index contributed by atoms with van der Waals surface area (Å²) in [4.78, 5) is 14.7. The minimum absolute atomic E-state index is 0.0807. The summed E-state index contributed by atoms with van der Waals surface area (Å²) >= 11 is 1.06. The predicted octanol–water partition coefficient (Wildman–Crippen LogP) is 7.86. The minimum Gasteiger partial charge on any atom is -0.499 e. The molecule has 1 aromatic heterocycles. The van der Waals surface area contributed by atoms with Gasteiger partial charge in [0.2, 0.25) is 0 Å². The van der Waals surface area contributed by atoms with E-state index in [0.717, 1.165) is 40.5 Å². The molecule has 1 saturated heterocycles. The summed E-state index contributed by atoms with van der Waals surface area (Å²) in [6, 6.07) is 7.26. The molecule has 2 aromatic carbocycles. The molecule has 0 spiro atoms. The molecular weight excluding hydrogens is 508 g/mol. The lowest BCUT2D eigenvalue weighted by Gasteiger charge is -2.23. The average molecular weight is 530 g/mol. The highest BCUT2D eigenvalue weighted by molar-refractivity contribution is 7.14. The predicted molar refractivity (Wildman–Crippen MR) is 122 cm³/mol. The summed E-state index contributed by atoms with van der Waals surface area (Å²) in [6.45, 7) is 4.48. The first-order valence-electron chi connectivity index (χ1n) is 10.8. The first kappa shape index (κ1) is 25.9. The largest absolute Gasteiger partial charge is 0.499 e. The van der Waals surface area contributed by atoms with E-state index in [2.05, 4.69) is 0 Å². The molecule has 1 aliphatic heterocycles. The molecule has 11 heteroatoms. The molecule has 1 fully saturated rings. The lowest BCUT2D eigenvalue weighted by Crippen LogP contribution is -2.31. The van der Waals surface area contributed by atoms with Crippen LogP contribution in [0.1, 0.15) is 45.7 Å². The topological polar surface area (TPSA) is 49.8 Å². The number of nitrogens with zero attached hydrogens (tertiary/aromatic N) is 1. The standard InChI is InChI=1S/C25H21F6NO3S/c1-12-6-15(9-18(7-12)25(29,30)31)21-14(3)32(23(34)35-21)11-16-10-17(24(26,27)28)4-5-19(16)20-8-13(2)36-22(20)33/h4-10,14,21,33H,11H2,1-3H3/t14-,21-/m0/s1. The lowest BCUT2D eigenvalue weighted by molar-refractivity contribution is -0.138. The Labute approximate surface area is 206 Å². The van der Waals surface area contributed by atoms with Gasteiger partial charge >= 0.3 is 18.4 Å². The second-order valence-corrected chi connectivity index (χ2v) is 9.98. The van der Waals surface area contributed by atoms with Crippen molar-refractivity contribution in [3.05, 3.63) is 75.2 Å². The first-order valence-corrected chi connectivity index (χ1v) is 11.6. The summed E-state index contributed by atoms with van der Waals surface area (Å²) in [5.41, 5.74) is -0.607. The molecule has 0 saturated carbocycles. The van der Waals surface area contributed by atoms with E-state index in [-0.39, 0.29) is 22.7 Å². The van der Waals surface area contributed by atoms with Crippen molar-refractivity contribution in [1.29, 1.82) is 0 Å². The zero-order valence-corrected chi connectivity index (χ0v) is 20.1. The van der Waals surface area contributed by atoms with Gasteiger partial charge in [-0.15, -0.1) is 11.3 Å². The van der Waals surface area contributed by atoms with Crippen LogP contribution in [0.4, 0.5) is 31.1 Å². The molecule has 0 unspecified atom stereocenters. The van der Waals surface area contributed by atoms with Crippen molar-refractivity contribution in [2.75, 3.05) is 0 Å². The summed E-state index contributed by atoms with van der Waals surface area (Å²) < 4.78 is 85.7. The van der Waals surface area contributed by atoms with Crippen LogP contribution in [0.2, 0.25) is 0 Å². The van der Waals surface area contributed by atoms with Crippen molar-refractivity contribution in [3.8, 4) is 16.2 Å². The molecule has 1 N–H and O–H groups in total. The van der Waals surface area contributed by atoms with Crippen LogP contribution in [0, 0.1) is 13.8 Å². The number of aryl methyl sites for hydroxylation is 2. The third-order valence-electron chi connectivity index (χ3n) is 6.05. The lowest BCUT2D eigenvalue weighted by atomic mass is 9.96. The van der Waals surface area contributed by atoms with Gasteiger partial charge in [-0.2, -0.15) is 26.3 Å². The van der Waals surface area contributed by atoms with Gasteiger partial charge < -0.3 is 9.84 Å². The van der Waals surface area contributed by atoms with Crippen LogP contribution in [-0.2, 0) is 23.6 Å². The molecule has 4 rings (SSSR count). The molecule has 192 valence electrons. The summed E-state index contributed by atoms with van der Waals surface area (Å²) in [5.74, 6) is 0. The van der Waals surface area contributed by atoms with Crippen molar-refractivity contribution in [2.24, 2.45) is 0 Å². The number of cyclic esters (lactones) is 1. The molecule has 0 radical (unpaired) electrons. The van der Waals surface area contributed by atoms with Crippen LogP contribution in [0.15, 0.2) is 42.5 Å². The zero-order chi connectivity index (χ0) is 26.6. The number of halogens is 6. The van der Waals surface area contributed by atoms with Gasteiger partial charge in [-0.25, -0.2) is 4.79 Å². The van der Waals surface area contributed by atoms with Gasteiger partial charge in [0.25, 0.3) is 0 Å². The van der Waals surface area contributed by atoms with E-state index < -0.39 is 41.7 Å². The van der Waals surface area contributed by atoms with Crippen LogP contribution >= 0.6 is 11.3 Å². The van der Waals surface area contributed by atoms with Crippen LogP contribution in [-0.4, -0.2) is 22.1 Å². The Balaban J connectivity index is 1.72. The SMILES string of the molecule is Cc1cc([C@H]2OC(=O)N(Cc3cc(C(F)(F)F)ccc3-c3cc(C)sc3O)[C@H]2C)cc(C(F)(F)F)c1. The molecule has 4 nitrogen and oxygen atoms in total. The van der Waals surface area contributed by atoms with Crippen LogP contribution in [0.3, 0.4) is 0 Å². The number of benzene rings is 2. The fourth-order valence-corrected chi connectivity index (χ4v) is 5.10. The summed E-state index contributed by atoms with van der Waals surface area (Å²) in [5, 5.41) is 10.2. The molecule has 1 aliphatic rings. The summed E-state index contributed by atoms with van der Waals surface area (Å²) in [7, 11) is 0. The molecule has 3 aromatic rings. The number of carbonyl (C=O) groups is 1. The Morgan fingerprint density at radius 1 is 0.944 bits per heavy atom. The number of rotatable bonds is 4. The third-order valence-corrected chi connectivity index (χ3v) is 6.90. The zero-order valence-electron chi connectivity index (χ0n) is 19.3. The van der Waals surface area contributed by atoms with Gasteiger partial charge in [0.15, 0.2) is 5.06 Å². The number of aromatic hydroxyl groups is 1. The molecular formula is C25H21F6NO3S. The molecule has 1 amide bonds. The second-order valence-electron chi connectivity index (χ2n) is 8.75. The van der Waals surface area contributed by atoms with Gasteiger partial charge in [0.1, 0.15) is 6.10 Å². The fourth-order valence-electron chi connectivity index (χ4n) is 4.34. The Kier molecular flexibility index (Phi) is 6.48. The second kappa shape index (κ2) is 9.02. The number of alkyl halides is 6. The number of carbonyl (C=O) groups excluding carboxylic acids is 1. The van der Waals surface area contributed by atoms with E-state index in [0.29, 0.717) is 16.7 Å². The third kappa shape index (κ3) is 5.02. The van der Waals surface area contributed by atoms with Crippen molar-refractivity contribution in [3.63, 3.8) is 0 Å². The smallest absolute Gasteiger partial charge is 0.416 e. The van der Waals surface area contributed by atoms with E-state index in [1.807, 2.05) is 0 Å². The number of hydrogen-bond acceptors (Lipinski definition) is 4. The normalized spacial score (nSPS) is 18.6. The van der Waals surface area contributed by atoms with Gasteiger partial charge in [0, 0.05) is 10.4 Å². The van der Waals surface area contributed by atoms with Gasteiger partial charge in [0.05, 0.1) is 23.7 Å². The van der Waals surface area contributed by atoms with Crippen LogP contribution in [0.5, 0.6) is 5.06 Å². The summed E-state index contributed by atoms with van der Waals surface area (Å²) in [6.07, 6.45) is -11.2.